The molecule has 5 heteroatoms. The molecular weight excluding hydrogens is 430 g/mol. The molecule has 0 aromatic heterocycles. The van der Waals surface area contributed by atoms with Crippen molar-refractivity contribution < 1.29 is 18.8 Å². The molecule has 2 aromatic rings. The third kappa shape index (κ3) is 4.60. The number of piperidine rings is 1. The Hall–Kier alpha value is -1.82. The van der Waals surface area contributed by atoms with Crippen LogP contribution >= 0.6 is 11.8 Å². The van der Waals surface area contributed by atoms with Gasteiger partial charge in [0.1, 0.15) is 6.10 Å². The summed E-state index contributed by atoms with van der Waals surface area (Å²) < 4.78 is 14.0. The van der Waals surface area contributed by atoms with Gasteiger partial charge in [-0.15, -0.1) is 11.8 Å². The summed E-state index contributed by atoms with van der Waals surface area (Å²) >= 11 is 1.57. The SMILES string of the molecule is CCC1CC(OC(=O)C(OCSC)(c2ccccc2)c2ccccc2)CC(C)[N+]12CCCC2. The molecule has 1 spiro atoms. The van der Waals surface area contributed by atoms with Gasteiger partial charge in [-0.25, -0.2) is 4.79 Å². The number of carbonyl (C=O) groups is 1. The maximum Gasteiger partial charge on any atom is 0.348 e. The second-order valence-electron chi connectivity index (χ2n) is 9.63. The quantitative estimate of drug-likeness (QED) is 0.281. The van der Waals surface area contributed by atoms with Crippen molar-refractivity contribution in [3.8, 4) is 0 Å². The lowest BCUT2D eigenvalue weighted by molar-refractivity contribution is -0.967. The molecule has 2 aliphatic rings. The van der Waals surface area contributed by atoms with E-state index >= 15 is 0 Å². The number of thioether (sulfide) groups is 1. The van der Waals surface area contributed by atoms with Crippen LogP contribution in [0.25, 0.3) is 0 Å². The van der Waals surface area contributed by atoms with Gasteiger partial charge < -0.3 is 14.0 Å². The number of benzene rings is 2. The van der Waals surface area contributed by atoms with Crippen LogP contribution in [0.2, 0.25) is 0 Å². The highest BCUT2D eigenvalue weighted by Gasteiger charge is 2.51. The molecule has 2 aromatic carbocycles. The zero-order chi connectivity index (χ0) is 23.3. The Bertz CT molecular complexity index is 858. The van der Waals surface area contributed by atoms with E-state index in [1.807, 2.05) is 66.9 Å². The number of quaternary nitrogens is 1. The highest BCUT2D eigenvalue weighted by Crippen LogP contribution is 2.41. The zero-order valence-corrected chi connectivity index (χ0v) is 21.1. The minimum atomic E-state index is -1.27. The van der Waals surface area contributed by atoms with Gasteiger partial charge in [0.25, 0.3) is 0 Å². The standard InChI is InChI=1S/C28H38NO3S/c1-4-25-20-26(19-22(2)29(25)17-11-12-18-29)32-27(30)28(31-21-33-3,23-13-7-5-8-14-23)24-15-9-6-10-16-24/h5-10,13-16,22,25-26H,4,11-12,17-21H2,1-3H3/q+1. The molecule has 4 nitrogen and oxygen atoms in total. The van der Waals surface area contributed by atoms with Crippen molar-refractivity contribution in [3.63, 3.8) is 0 Å². The molecule has 2 heterocycles. The first-order chi connectivity index (χ1) is 16.1. The van der Waals surface area contributed by atoms with Gasteiger partial charge in [-0.05, 0) is 30.7 Å². The van der Waals surface area contributed by atoms with Crippen molar-refractivity contribution in [1.29, 1.82) is 0 Å². The normalized spacial score (nSPS) is 24.6. The number of esters is 1. The van der Waals surface area contributed by atoms with Crippen LogP contribution in [0.3, 0.4) is 0 Å². The third-order valence-corrected chi connectivity index (χ3v) is 8.28. The molecule has 0 bridgehead atoms. The third-order valence-electron chi connectivity index (χ3n) is 7.93. The van der Waals surface area contributed by atoms with Crippen molar-refractivity contribution in [2.75, 3.05) is 25.3 Å². The molecule has 0 amide bonds. The fraction of sp³-hybridized carbons (Fsp3) is 0.536. The monoisotopic (exact) mass is 468 g/mol. The summed E-state index contributed by atoms with van der Waals surface area (Å²) in [4.78, 5) is 14.1. The number of hydrogen-bond donors (Lipinski definition) is 0. The molecular formula is C28H38NO3S+. The van der Waals surface area contributed by atoms with Gasteiger partial charge >= 0.3 is 5.97 Å². The second-order valence-corrected chi connectivity index (χ2v) is 10.4. The van der Waals surface area contributed by atoms with Gasteiger partial charge in [0.05, 0.1) is 31.1 Å². The van der Waals surface area contributed by atoms with Gasteiger partial charge in [0.15, 0.2) is 0 Å². The van der Waals surface area contributed by atoms with E-state index < -0.39 is 5.60 Å². The van der Waals surface area contributed by atoms with E-state index in [1.165, 1.54) is 30.4 Å². The van der Waals surface area contributed by atoms with E-state index in [1.54, 1.807) is 11.8 Å². The van der Waals surface area contributed by atoms with Crippen LogP contribution in [0.4, 0.5) is 0 Å². The summed E-state index contributed by atoms with van der Waals surface area (Å²) in [5.74, 6) is 0.105. The molecule has 178 valence electrons. The van der Waals surface area contributed by atoms with E-state index in [0.29, 0.717) is 18.0 Å². The molecule has 3 unspecified atom stereocenters. The van der Waals surface area contributed by atoms with Gasteiger partial charge in [0.2, 0.25) is 5.60 Å². The van der Waals surface area contributed by atoms with Crippen molar-refractivity contribution in [2.24, 2.45) is 0 Å². The van der Waals surface area contributed by atoms with E-state index in [0.717, 1.165) is 30.4 Å². The molecule has 33 heavy (non-hydrogen) atoms. The van der Waals surface area contributed by atoms with Crippen molar-refractivity contribution >= 4 is 17.7 Å². The summed E-state index contributed by atoms with van der Waals surface area (Å²) in [6, 6.07) is 20.7. The van der Waals surface area contributed by atoms with Crippen molar-refractivity contribution in [1.82, 2.24) is 0 Å². The average Bonchev–Trinajstić information content (AvgIpc) is 3.34. The Morgan fingerprint density at radius 3 is 2.09 bits per heavy atom. The molecule has 0 aliphatic carbocycles. The number of nitrogens with zero attached hydrogens (tertiary/aromatic N) is 1. The Kier molecular flexibility index (Phi) is 7.83. The van der Waals surface area contributed by atoms with Crippen LogP contribution < -0.4 is 0 Å². The first-order valence-electron chi connectivity index (χ1n) is 12.4. The number of rotatable bonds is 8. The maximum atomic E-state index is 14.1. The second kappa shape index (κ2) is 10.6. The fourth-order valence-electron chi connectivity index (χ4n) is 6.27. The lowest BCUT2D eigenvalue weighted by atomic mass is 9.85. The molecule has 2 saturated heterocycles. The first kappa shape index (κ1) is 24.3. The highest BCUT2D eigenvalue weighted by molar-refractivity contribution is 7.98. The van der Waals surface area contributed by atoms with Crippen molar-refractivity contribution in [2.45, 2.75) is 69.7 Å². The molecule has 3 atom stereocenters. The van der Waals surface area contributed by atoms with E-state index in [4.69, 9.17) is 9.47 Å². The van der Waals surface area contributed by atoms with Gasteiger partial charge in [-0.3, -0.25) is 0 Å². The van der Waals surface area contributed by atoms with E-state index in [-0.39, 0.29) is 12.1 Å². The summed E-state index contributed by atoms with van der Waals surface area (Å²) in [5, 5.41) is 0. The average molecular weight is 469 g/mol. The smallest absolute Gasteiger partial charge is 0.348 e. The minimum absolute atomic E-state index is 0.0773. The van der Waals surface area contributed by atoms with Gasteiger partial charge in [0, 0.05) is 25.7 Å². The molecule has 0 N–H and O–H groups in total. The van der Waals surface area contributed by atoms with Gasteiger partial charge in [-0.2, -0.15) is 0 Å². The van der Waals surface area contributed by atoms with Crippen LogP contribution in [0, 0.1) is 0 Å². The first-order valence-corrected chi connectivity index (χ1v) is 13.8. The maximum absolute atomic E-state index is 14.1. The van der Waals surface area contributed by atoms with Crippen LogP contribution in [0.15, 0.2) is 60.7 Å². The van der Waals surface area contributed by atoms with Crippen LogP contribution in [0.5, 0.6) is 0 Å². The lowest BCUT2D eigenvalue weighted by Gasteiger charge is -2.51. The van der Waals surface area contributed by atoms with Gasteiger partial charge in [-0.1, -0.05) is 67.6 Å². The highest BCUT2D eigenvalue weighted by atomic mass is 32.2. The molecule has 0 radical (unpaired) electrons. The topological polar surface area (TPSA) is 35.5 Å². The van der Waals surface area contributed by atoms with E-state index in [9.17, 15) is 4.79 Å². The molecule has 2 fully saturated rings. The Labute approximate surface area is 203 Å². The molecule has 4 rings (SSSR count). The molecule has 0 saturated carbocycles. The minimum Gasteiger partial charge on any atom is -0.459 e. The number of hydrogen-bond acceptors (Lipinski definition) is 4. The van der Waals surface area contributed by atoms with Crippen LogP contribution in [0.1, 0.15) is 57.1 Å². The molecule has 2 aliphatic heterocycles. The summed E-state index contributed by atoms with van der Waals surface area (Å²) in [5.41, 5.74) is 0.358. The number of ether oxygens (including phenoxy) is 2. The largest absolute Gasteiger partial charge is 0.459 e. The van der Waals surface area contributed by atoms with Crippen LogP contribution in [-0.2, 0) is 19.9 Å². The zero-order valence-electron chi connectivity index (χ0n) is 20.2. The van der Waals surface area contributed by atoms with Crippen LogP contribution in [-0.4, -0.2) is 53.9 Å². The predicted molar refractivity (Wildman–Crippen MR) is 135 cm³/mol. The number of carbonyl (C=O) groups excluding carboxylic acids is 1. The summed E-state index contributed by atoms with van der Waals surface area (Å²) in [6.45, 7) is 7.20. The van der Waals surface area contributed by atoms with Crippen molar-refractivity contribution in [3.05, 3.63) is 71.8 Å². The Morgan fingerprint density at radius 2 is 1.58 bits per heavy atom. The summed E-state index contributed by atoms with van der Waals surface area (Å²) in [7, 11) is 0. The lowest BCUT2D eigenvalue weighted by Crippen LogP contribution is -2.63. The predicted octanol–water partition coefficient (Wildman–Crippen LogP) is 5.75. The van der Waals surface area contributed by atoms with E-state index in [2.05, 4.69) is 13.8 Å². The fourth-order valence-corrected chi connectivity index (χ4v) is 6.57. The Balaban J connectivity index is 1.66. The summed E-state index contributed by atoms with van der Waals surface area (Å²) in [6.07, 6.45) is 7.53. The Morgan fingerprint density at radius 1 is 1.00 bits per heavy atom.